The SMILES string of the molecule is CN1C=C(CC(C(=O)N=O)N2C(=O)CCC(O)C2=O)NS1. The summed E-state index contributed by atoms with van der Waals surface area (Å²) in [5.41, 5.74) is 0.574. The number of aliphatic hydroxyl groups is 1. The summed E-state index contributed by atoms with van der Waals surface area (Å²) in [5, 5.41) is 11.9. The zero-order chi connectivity index (χ0) is 15.6. The van der Waals surface area contributed by atoms with Crippen LogP contribution < -0.4 is 4.72 Å². The first-order valence-electron chi connectivity index (χ1n) is 6.21. The van der Waals surface area contributed by atoms with Crippen molar-refractivity contribution in [3.05, 3.63) is 16.8 Å². The standard InChI is InChI=1S/C11H14N4O5S/c1-14-5-6(13-21-14)4-7(10(18)12-20)15-9(17)3-2-8(16)11(15)19/h5,7-8,13,16H,2-4H2,1H3. The quantitative estimate of drug-likeness (QED) is 0.404. The maximum atomic E-state index is 11.9. The summed E-state index contributed by atoms with van der Waals surface area (Å²) in [7, 11) is 1.76. The largest absolute Gasteiger partial charge is 0.383 e. The number of imide groups is 1. The Kier molecular flexibility index (Phi) is 4.58. The van der Waals surface area contributed by atoms with Crippen molar-refractivity contribution in [1.82, 2.24) is 13.9 Å². The molecule has 3 amide bonds. The molecule has 9 nitrogen and oxygen atoms in total. The van der Waals surface area contributed by atoms with Crippen molar-refractivity contribution in [3.8, 4) is 0 Å². The van der Waals surface area contributed by atoms with E-state index in [9.17, 15) is 24.4 Å². The Labute approximate surface area is 124 Å². The molecule has 0 aromatic heterocycles. The topological polar surface area (TPSA) is 119 Å². The van der Waals surface area contributed by atoms with E-state index in [0.717, 1.165) is 0 Å². The van der Waals surface area contributed by atoms with Crippen LogP contribution in [-0.2, 0) is 14.4 Å². The molecule has 114 valence electrons. The zero-order valence-electron chi connectivity index (χ0n) is 11.2. The van der Waals surface area contributed by atoms with Gasteiger partial charge in [0.15, 0.2) is 0 Å². The molecule has 2 atom stereocenters. The van der Waals surface area contributed by atoms with Crippen molar-refractivity contribution >= 4 is 29.9 Å². The molecule has 2 aliphatic rings. The van der Waals surface area contributed by atoms with Crippen LogP contribution in [0.25, 0.3) is 0 Å². The van der Waals surface area contributed by atoms with Crippen LogP contribution in [0.4, 0.5) is 0 Å². The van der Waals surface area contributed by atoms with Crippen molar-refractivity contribution in [3.63, 3.8) is 0 Å². The Morgan fingerprint density at radius 1 is 1.62 bits per heavy atom. The third-order valence-electron chi connectivity index (χ3n) is 3.18. The molecule has 2 unspecified atom stereocenters. The molecule has 10 heteroatoms. The van der Waals surface area contributed by atoms with Crippen molar-refractivity contribution in [2.45, 2.75) is 31.4 Å². The van der Waals surface area contributed by atoms with Gasteiger partial charge in [-0.3, -0.25) is 19.3 Å². The Balaban J connectivity index is 2.24. The van der Waals surface area contributed by atoms with Gasteiger partial charge in [-0.2, -0.15) is 0 Å². The second kappa shape index (κ2) is 6.22. The lowest BCUT2D eigenvalue weighted by atomic mass is 10.0. The summed E-state index contributed by atoms with van der Waals surface area (Å²) >= 11 is 1.25. The number of nitrogens with one attached hydrogen (secondary N) is 1. The summed E-state index contributed by atoms with van der Waals surface area (Å²) < 4.78 is 4.61. The van der Waals surface area contributed by atoms with Crippen molar-refractivity contribution < 1.29 is 19.5 Å². The summed E-state index contributed by atoms with van der Waals surface area (Å²) in [5.74, 6) is -2.58. The first-order valence-corrected chi connectivity index (χ1v) is 6.99. The Morgan fingerprint density at radius 2 is 2.33 bits per heavy atom. The summed E-state index contributed by atoms with van der Waals surface area (Å²) in [6.45, 7) is 0. The third-order valence-corrected chi connectivity index (χ3v) is 3.93. The number of hydrogen-bond donors (Lipinski definition) is 2. The molecule has 0 aliphatic carbocycles. The van der Waals surface area contributed by atoms with Crippen LogP contribution in [0.1, 0.15) is 19.3 Å². The number of piperidine rings is 1. The van der Waals surface area contributed by atoms with Gasteiger partial charge in [0.05, 0.1) is 12.1 Å². The van der Waals surface area contributed by atoms with E-state index in [4.69, 9.17) is 0 Å². The fourth-order valence-electron chi connectivity index (χ4n) is 2.17. The zero-order valence-corrected chi connectivity index (χ0v) is 12.0. The summed E-state index contributed by atoms with van der Waals surface area (Å²) in [4.78, 5) is 46.7. The lowest BCUT2D eigenvalue weighted by Crippen LogP contribution is -2.55. The molecule has 0 spiro atoms. The molecule has 21 heavy (non-hydrogen) atoms. The molecule has 0 aromatic carbocycles. The van der Waals surface area contributed by atoms with Crippen LogP contribution in [0.2, 0.25) is 0 Å². The first-order chi connectivity index (χ1) is 9.93. The predicted octanol–water partition coefficient (Wildman–Crippen LogP) is -0.512. The molecule has 1 fully saturated rings. The molecule has 2 heterocycles. The molecular weight excluding hydrogens is 300 g/mol. The van der Waals surface area contributed by atoms with Gasteiger partial charge in [0, 0.05) is 37.0 Å². The Bertz CT molecular complexity index is 523. The lowest BCUT2D eigenvalue weighted by Gasteiger charge is -2.32. The highest BCUT2D eigenvalue weighted by Gasteiger charge is 2.41. The van der Waals surface area contributed by atoms with Crippen molar-refractivity contribution in [1.29, 1.82) is 0 Å². The molecule has 0 bridgehead atoms. The van der Waals surface area contributed by atoms with Gasteiger partial charge >= 0.3 is 5.91 Å². The fourth-order valence-corrected chi connectivity index (χ4v) is 2.75. The van der Waals surface area contributed by atoms with Gasteiger partial charge in [0.25, 0.3) is 5.91 Å². The maximum absolute atomic E-state index is 11.9. The normalized spacial score (nSPS) is 23.7. The predicted molar refractivity (Wildman–Crippen MR) is 72.9 cm³/mol. The number of amides is 3. The second-order valence-electron chi connectivity index (χ2n) is 4.70. The number of carbonyl (C=O) groups excluding carboxylic acids is 3. The van der Waals surface area contributed by atoms with E-state index in [1.807, 2.05) is 0 Å². The number of likely N-dealkylation sites (tertiary alicyclic amines) is 1. The highest BCUT2D eigenvalue weighted by atomic mass is 32.2. The van der Waals surface area contributed by atoms with E-state index in [1.165, 1.54) is 12.1 Å². The molecule has 0 radical (unpaired) electrons. The van der Waals surface area contributed by atoms with Gasteiger partial charge < -0.3 is 14.1 Å². The van der Waals surface area contributed by atoms with Crippen LogP contribution in [-0.4, -0.2) is 51.2 Å². The highest BCUT2D eigenvalue weighted by Crippen LogP contribution is 2.24. The number of nitrogens with zero attached hydrogens (tertiary/aromatic N) is 3. The van der Waals surface area contributed by atoms with E-state index in [-0.39, 0.29) is 19.3 Å². The van der Waals surface area contributed by atoms with Crippen molar-refractivity contribution in [2.75, 3.05) is 7.05 Å². The molecule has 2 rings (SSSR count). The van der Waals surface area contributed by atoms with Crippen LogP contribution >= 0.6 is 12.1 Å². The van der Waals surface area contributed by atoms with Gasteiger partial charge in [-0.15, -0.1) is 4.91 Å². The van der Waals surface area contributed by atoms with Crippen LogP contribution in [0.3, 0.4) is 0 Å². The number of aliphatic hydroxyl groups excluding tert-OH is 1. The highest BCUT2D eigenvalue weighted by molar-refractivity contribution is 7.95. The van der Waals surface area contributed by atoms with Crippen molar-refractivity contribution in [2.24, 2.45) is 5.18 Å². The second-order valence-corrected chi connectivity index (χ2v) is 5.66. The Hall–Kier alpha value is -1.94. The minimum Gasteiger partial charge on any atom is -0.383 e. The van der Waals surface area contributed by atoms with Gasteiger partial charge in [0.2, 0.25) is 5.91 Å². The fraction of sp³-hybridized carbons (Fsp3) is 0.545. The summed E-state index contributed by atoms with van der Waals surface area (Å²) in [6.07, 6.45) is 0.240. The monoisotopic (exact) mass is 314 g/mol. The minimum atomic E-state index is -1.34. The third kappa shape index (κ3) is 3.22. The van der Waals surface area contributed by atoms with Gasteiger partial charge in [-0.05, 0) is 6.42 Å². The smallest absolute Gasteiger partial charge is 0.309 e. The molecule has 2 N–H and O–H groups in total. The first kappa shape index (κ1) is 15.4. The molecule has 0 saturated carbocycles. The van der Waals surface area contributed by atoms with Gasteiger partial charge in [-0.25, -0.2) is 0 Å². The van der Waals surface area contributed by atoms with Crippen LogP contribution in [0, 0.1) is 4.91 Å². The van der Waals surface area contributed by atoms with E-state index in [1.54, 1.807) is 17.6 Å². The average molecular weight is 314 g/mol. The Morgan fingerprint density at radius 3 is 2.90 bits per heavy atom. The lowest BCUT2D eigenvalue weighted by molar-refractivity contribution is -0.161. The molecular formula is C11H14N4O5S. The van der Waals surface area contributed by atoms with Gasteiger partial charge in [-0.1, -0.05) is 0 Å². The minimum absolute atomic E-state index is 0.0170. The van der Waals surface area contributed by atoms with Crippen LogP contribution in [0.15, 0.2) is 17.1 Å². The number of nitroso groups, excluding NO2 is 1. The summed E-state index contributed by atoms with van der Waals surface area (Å²) in [6, 6.07) is -1.33. The van der Waals surface area contributed by atoms with Crippen LogP contribution in [0.5, 0.6) is 0 Å². The number of hydrogen-bond acceptors (Lipinski definition) is 8. The van der Waals surface area contributed by atoms with E-state index in [0.29, 0.717) is 10.6 Å². The number of rotatable bonds is 4. The molecule has 0 aromatic rings. The van der Waals surface area contributed by atoms with E-state index in [2.05, 4.69) is 9.90 Å². The molecule has 1 saturated heterocycles. The van der Waals surface area contributed by atoms with E-state index >= 15 is 0 Å². The average Bonchev–Trinajstić information content (AvgIpc) is 2.86. The van der Waals surface area contributed by atoms with E-state index < -0.39 is 29.9 Å². The molecule has 2 aliphatic heterocycles. The number of carbonyl (C=O) groups is 3. The maximum Gasteiger partial charge on any atom is 0.309 e. The van der Waals surface area contributed by atoms with Gasteiger partial charge in [0.1, 0.15) is 12.1 Å².